The van der Waals surface area contributed by atoms with E-state index >= 15 is 0 Å². The van der Waals surface area contributed by atoms with E-state index in [-0.39, 0.29) is 30.1 Å². The monoisotopic (exact) mass is 674 g/mol. The molecule has 2 aromatic rings. The normalized spacial score (nSPS) is 17.8. The SMILES string of the molecule is C=C(N[C@@H](CC(C)C)C(=O)N[C@@H](Cc1ccccc1)C(=O)N[C@@H](C=C(C)C)C(=O)[C@@]1(C)CO1)C(CCc1ccccc1)OCCCN(C)C. The fourth-order valence-electron chi connectivity index (χ4n) is 5.61. The smallest absolute Gasteiger partial charge is 0.243 e. The van der Waals surface area contributed by atoms with E-state index in [0.717, 1.165) is 30.5 Å². The number of carbonyl (C=O) groups is 3. The van der Waals surface area contributed by atoms with E-state index in [1.165, 1.54) is 5.56 Å². The van der Waals surface area contributed by atoms with E-state index in [4.69, 9.17) is 9.47 Å². The molecule has 5 atom stereocenters. The molecule has 1 aliphatic rings. The first-order chi connectivity index (χ1) is 23.3. The molecule has 1 aliphatic heterocycles. The number of aryl methyl sites for hydroxylation is 1. The van der Waals surface area contributed by atoms with Crippen LogP contribution in [0.3, 0.4) is 0 Å². The minimum Gasteiger partial charge on any atom is -0.375 e. The Balaban J connectivity index is 1.80. The summed E-state index contributed by atoms with van der Waals surface area (Å²) < 4.78 is 11.8. The number of ether oxygens (including phenoxy) is 2. The van der Waals surface area contributed by atoms with Crippen molar-refractivity contribution >= 4 is 17.6 Å². The highest BCUT2D eigenvalue weighted by Crippen LogP contribution is 2.29. The zero-order valence-electron chi connectivity index (χ0n) is 30.6. The van der Waals surface area contributed by atoms with Crippen molar-refractivity contribution in [3.05, 3.63) is 95.7 Å². The highest BCUT2D eigenvalue weighted by molar-refractivity contribution is 5.99. The Morgan fingerprint density at radius 2 is 1.53 bits per heavy atom. The molecule has 2 aromatic carbocycles. The van der Waals surface area contributed by atoms with Crippen molar-refractivity contribution in [3.63, 3.8) is 0 Å². The molecule has 0 bridgehead atoms. The highest BCUT2D eigenvalue weighted by atomic mass is 16.6. The molecule has 0 saturated carbocycles. The first kappa shape index (κ1) is 39.6. The van der Waals surface area contributed by atoms with Crippen molar-refractivity contribution in [1.29, 1.82) is 0 Å². The van der Waals surface area contributed by atoms with Crippen molar-refractivity contribution in [2.75, 3.05) is 33.9 Å². The number of amides is 2. The summed E-state index contributed by atoms with van der Waals surface area (Å²) in [5.74, 6) is -0.790. The lowest BCUT2D eigenvalue weighted by Gasteiger charge is -2.29. The van der Waals surface area contributed by atoms with Gasteiger partial charge in [-0.15, -0.1) is 0 Å². The number of hydrogen-bond acceptors (Lipinski definition) is 7. The van der Waals surface area contributed by atoms with Crippen LogP contribution in [-0.2, 0) is 36.7 Å². The maximum Gasteiger partial charge on any atom is 0.243 e. The summed E-state index contributed by atoms with van der Waals surface area (Å²) in [7, 11) is 4.07. The summed E-state index contributed by atoms with van der Waals surface area (Å²) in [6, 6.07) is 17.3. The van der Waals surface area contributed by atoms with Crippen molar-refractivity contribution in [2.45, 2.75) is 96.6 Å². The largest absolute Gasteiger partial charge is 0.375 e. The average molecular weight is 675 g/mol. The molecule has 9 heteroatoms. The number of hydrogen-bond donors (Lipinski definition) is 3. The van der Waals surface area contributed by atoms with Gasteiger partial charge in [-0.05, 0) is 84.1 Å². The molecule has 1 fully saturated rings. The lowest BCUT2D eigenvalue weighted by atomic mass is 9.97. The molecule has 49 heavy (non-hydrogen) atoms. The van der Waals surface area contributed by atoms with Gasteiger partial charge in [0.15, 0.2) is 5.78 Å². The standard InChI is InChI=1S/C40H58N4O5/c1-28(2)24-33(37(45)40(6)27-49-40)42-39(47)35(26-32-18-13-10-14-19-32)43-38(46)34(25-29(3)4)41-30(5)36(48-23-15-22-44(7)8)21-20-31-16-11-9-12-17-31/h9-14,16-19,24,29,33-36,41H,5,15,20-23,25-27H2,1-4,6-8H3,(H,42,47)(H,43,46)/t33-,34-,35-,36?,40+/m0/s1. The molecule has 2 amide bonds. The van der Waals surface area contributed by atoms with Gasteiger partial charge in [0.05, 0.1) is 12.7 Å². The van der Waals surface area contributed by atoms with Crippen LogP contribution < -0.4 is 16.0 Å². The minimum absolute atomic E-state index is 0.181. The van der Waals surface area contributed by atoms with E-state index < -0.39 is 29.6 Å². The first-order valence-corrected chi connectivity index (χ1v) is 17.5. The number of carbonyl (C=O) groups excluding carboxylic acids is 3. The number of benzene rings is 2. The van der Waals surface area contributed by atoms with Gasteiger partial charge in [0, 0.05) is 18.7 Å². The van der Waals surface area contributed by atoms with Crippen LogP contribution in [-0.4, -0.2) is 86.2 Å². The van der Waals surface area contributed by atoms with E-state index in [1.807, 2.05) is 76.5 Å². The van der Waals surface area contributed by atoms with Crippen LogP contribution in [0.1, 0.15) is 65.0 Å². The van der Waals surface area contributed by atoms with Crippen molar-refractivity contribution in [2.24, 2.45) is 5.92 Å². The maximum atomic E-state index is 14.1. The molecular formula is C40H58N4O5. The number of nitrogens with zero attached hydrogens (tertiary/aromatic N) is 1. The fourth-order valence-corrected chi connectivity index (χ4v) is 5.61. The Morgan fingerprint density at radius 3 is 2.08 bits per heavy atom. The lowest BCUT2D eigenvalue weighted by Crippen LogP contribution is -2.56. The molecule has 0 radical (unpaired) electrons. The second-order valence-electron chi connectivity index (χ2n) is 14.3. The van der Waals surface area contributed by atoms with Gasteiger partial charge in [-0.1, -0.05) is 92.7 Å². The van der Waals surface area contributed by atoms with Crippen molar-refractivity contribution in [3.8, 4) is 0 Å². The highest BCUT2D eigenvalue weighted by Gasteiger charge is 2.49. The van der Waals surface area contributed by atoms with Gasteiger partial charge in [-0.2, -0.15) is 0 Å². The van der Waals surface area contributed by atoms with Crippen LogP contribution >= 0.6 is 0 Å². The van der Waals surface area contributed by atoms with Gasteiger partial charge < -0.3 is 30.3 Å². The second kappa shape index (κ2) is 19.4. The Morgan fingerprint density at radius 1 is 0.939 bits per heavy atom. The van der Waals surface area contributed by atoms with E-state index in [1.54, 1.807) is 13.0 Å². The lowest BCUT2D eigenvalue weighted by molar-refractivity contribution is -0.132. The first-order valence-electron chi connectivity index (χ1n) is 17.5. The van der Waals surface area contributed by atoms with Crippen molar-refractivity contribution in [1.82, 2.24) is 20.9 Å². The van der Waals surface area contributed by atoms with Gasteiger partial charge >= 0.3 is 0 Å². The molecule has 1 unspecified atom stereocenters. The Hall–Kier alpha value is -3.79. The Labute approximate surface area is 293 Å². The summed E-state index contributed by atoms with van der Waals surface area (Å²) >= 11 is 0. The van der Waals surface area contributed by atoms with Gasteiger partial charge in [0.1, 0.15) is 23.7 Å². The van der Waals surface area contributed by atoms with Crippen LogP contribution in [0.25, 0.3) is 0 Å². The van der Waals surface area contributed by atoms with Crippen LogP contribution in [0.4, 0.5) is 0 Å². The zero-order valence-corrected chi connectivity index (χ0v) is 30.6. The van der Waals surface area contributed by atoms with Gasteiger partial charge in [0.25, 0.3) is 0 Å². The summed E-state index contributed by atoms with van der Waals surface area (Å²) in [4.78, 5) is 43.4. The summed E-state index contributed by atoms with van der Waals surface area (Å²) in [5, 5.41) is 9.33. The number of allylic oxidation sites excluding steroid dienone is 1. The summed E-state index contributed by atoms with van der Waals surface area (Å²) in [5.41, 5.74) is 2.70. The van der Waals surface area contributed by atoms with Gasteiger partial charge in [-0.25, -0.2) is 0 Å². The summed E-state index contributed by atoms with van der Waals surface area (Å²) in [6.07, 6.45) is 4.57. The third kappa shape index (κ3) is 13.9. The second-order valence-corrected chi connectivity index (χ2v) is 14.3. The molecule has 3 rings (SSSR count). The molecular weight excluding hydrogens is 616 g/mol. The van der Waals surface area contributed by atoms with E-state index in [9.17, 15) is 14.4 Å². The molecule has 1 saturated heterocycles. The van der Waals surface area contributed by atoms with Gasteiger partial charge in [0.2, 0.25) is 11.8 Å². The maximum absolute atomic E-state index is 14.1. The predicted molar refractivity (Wildman–Crippen MR) is 196 cm³/mol. The summed E-state index contributed by atoms with van der Waals surface area (Å²) in [6.45, 7) is 15.7. The third-order valence-electron chi connectivity index (χ3n) is 8.47. The predicted octanol–water partition coefficient (Wildman–Crippen LogP) is 5.01. The number of nitrogens with one attached hydrogen (secondary N) is 3. The van der Waals surface area contributed by atoms with Crippen LogP contribution in [0.5, 0.6) is 0 Å². The average Bonchev–Trinajstić information content (AvgIpc) is 3.81. The van der Waals surface area contributed by atoms with Crippen molar-refractivity contribution < 1.29 is 23.9 Å². The van der Waals surface area contributed by atoms with Crippen LogP contribution in [0.2, 0.25) is 0 Å². The Bertz CT molecular complexity index is 1380. The number of Topliss-reactive ketones (excluding diaryl/α,β-unsaturated/α-hetero) is 1. The quantitative estimate of drug-likeness (QED) is 0.0915. The molecule has 3 N–H and O–H groups in total. The van der Waals surface area contributed by atoms with E-state index in [2.05, 4.69) is 53.4 Å². The van der Waals surface area contributed by atoms with Gasteiger partial charge in [-0.3, -0.25) is 14.4 Å². The fraction of sp³-hybridized carbons (Fsp3) is 0.525. The molecule has 9 nitrogen and oxygen atoms in total. The third-order valence-corrected chi connectivity index (χ3v) is 8.47. The molecule has 0 spiro atoms. The minimum atomic E-state index is -0.926. The van der Waals surface area contributed by atoms with E-state index in [0.29, 0.717) is 31.8 Å². The Kier molecular flexibility index (Phi) is 15.7. The number of epoxide rings is 1. The molecule has 268 valence electrons. The topological polar surface area (TPSA) is 112 Å². The molecule has 0 aromatic heterocycles. The number of ketones is 1. The van der Waals surface area contributed by atoms with Crippen LogP contribution in [0.15, 0.2) is 84.6 Å². The number of rotatable bonds is 22. The molecule has 0 aliphatic carbocycles. The zero-order chi connectivity index (χ0) is 36.0. The molecule has 1 heterocycles. The van der Waals surface area contributed by atoms with Crippen LogP contribution in [0, 0.1) is 5.92 Å².